The van der Waals surface area contributed by atoms with Gasteiger partial charge in [-0.2, -0.15) is 0 Å². The van der Waals surface area contributed by atoms with Crippen LogP contribution in [0.2, 0.25) is 0 Å². The van der Waals surface area contributed by atoms with Crippen LogP contribution in [0.3, 0.4) is 0 Å². The maximum Gasteiger partial charge on any atom is 0.258 e. The second-order valence-corrected chi connectivity index (χ2v) is 7.34. The van der Waals surface area contributed by atoms with Gasteiger partial charge in [-0.1, -0.05) is 6.07 Å². The first kappa shape index (κ1) is 19.5. The predicted molar refractivity (Wildman–Crippen MR) is 97.1 cm³/mol. The van der Waals surface area contributed by atoms with E-state index >= 15 is 0 Å². The zero-order chi connectivity index (χ0) is 18.3. The molecule has 1 aromatic carbocycles. The van der Waals surface area contributed by atoms with Crippen molar-refractivity contribution < 1.29 is 19.0 Å². The lowest BCUT2D eigenvalue weighted by atomic mass is 10.1. The summed E-state index contributed by atoms with van der Waals surface area (Å²) in [5, 5.41) is 6.27. The Morgan fingerprint density at radius 2 is 2.12 bits per heavy atom. The smallest absolute Gasteiger partial charge is 0.258 e. The maximum absolute atomic E-state index is 11.9. The second-order valence-electron chi connectivity index (χ2n) is 7.34. The van der Waals surface area contributed by atoms with E-state index in [1.165, 1.54) is 0 Å². The van der Waals surface area contributed by atoms with Gasteiger partial charge < -0.3 is 24.8 Å². The van der Waals surface area contributed by atoms with Crippen molar-refractivity contribution in [2.24, 2.45) is 0 Å². The highest BCUT2D eigenvalue weighted by Crippen LogP contribution is 2.28. The average Bonchev–Trinajstić information content (AvgIpc) is 3.05. The molecule has 1 aliphatic rings. The molecule has 1 atom stereocenters. The van der Waals surface area contributed by atoms with Crippen molar-refractivity contribution in [3.05, 3.63) is 23.8 Å². The molecule has 2 rings (SSSR count). The van der Waals surface area contributed by atoms with Crippen LogP contribution in [-0.4, -0.2) is 44.4 Å². The van der Waals surface area contributed by atoms with Gasteiger partial charge in [0.25, 0.3) is 5.91 Å². The molecule has 6 nitrogen and oxygen atoms in total. The van der Waals surface area contributed by atoms with Gasteiger partial charge in [0.1, 0.15) is 0 Å². The highest BCUT2D eigenvalue weighted by molar-refractivity contribution is 5.78. The second kappa shape index (κ2) is 9.06. The van der Waals surface area contributed by atoms with Gasteiger partial charge in [-0.25, -0.2) is 0 Å². The fourth-order valence-electron chi connectivity index (χ4n) is 2.72. The number of benzene rings is 1. The van der Waals surface area contributed by atoms with Gasteiger partial charge in [0.15, 0.2) is 18.1 Å². The van der Waals surface area contributed by atoms with E-state index in [-0.39, 0.29) is 18.1 Å². The third-order valence-electron chi connectivity index (χ3n) is 3.83. The topological polar surface area (TPSA) is 68.8 Å². The number of carbonyl (C=O) groups is 1. The Bertz CT molecular complexity index is 563. The van der Waals surface area contributed by atoms with Gasteiger partial charge in [-0.05, 0) is 51.3 Å². The average molecular weight is 350 g/mol. The number of carbonyl (C=O) groups excluding carboxylic acids is 1. The van der Waals surface area contributed by atoms with E-state index in [1.54, 1.807) is 7.11 Å². The van der Waals surface area contributed by atoms with Crippen LogP contribution in [0, 0.1) is 0 Å². The van der Waals surface area contributed by atoms with Crippen molar-refractivity contribution >= 4 is 5.91 Å². The summed E-state index contributed by atoms with van der Waals surface area (Å²) in [7, 11) is 1.60. The molecule has 1 aliphatic heterocycles. The summed E-state index contributed by atoms with van der Waals surface area (Å²) in [6.07, 6.45) is 2.60. The molecule has 0 saturated carbocycles. The third kappa shape index (κ3) is 6.92. The van der Waals surface area contributed by atoms with Gasteiger partial charge >= 0.3 is 0 Å². The normalized spacial score (nSPS) is 17.4. The van der Waals surface area contributed by atoms with Crippen LogP contribution in [0.15, 0.2) is 18.2 Å². The molecule has 0 unspecified atom stereocenters. The predicted octanol–water partition coefficient (Wildman–Crippen LogP) is 2.26. The molecule has 0 aromatic heterocycles. The summed E-state index contributed by atoms with van der Waals surface area (Å²) in [5.74, 6) is 1.03. The molecular formula is C19H30N2O4. The summed E-state index contributed by atoms with van der Waals surface area (Å²) in [6, 6.07) is 5.74. The SMILES string of the molecule is COc1cc(CNC[C@@H]2CCCO2)ccc1OCC(=O)NC(C)(C)C. The lowest BCUT2D eigenvalue weighted by Gasteiger charge is -2.20. The molecule has 0 bridgehead atoms. The number of hydrogen-bond donors (Lipinski definition) is 2. The number of rotatable bonds is 8. The van der Waals surface area contributed by atoms with Crippen molar-refractivity contribution in [1.29, 1.82) is 0 Å². The van der Waals surface area contributed by atoms with E-state index in [4.69, 9.17) is 14.2 Å². The Kier molecular flexibility index (Phi) is 7.08. The summed E-state index contributed by atoms with van der Waals surface area (Å²) in [4.78, 5) is 11.9. The van der Waals surface area contributed by atoms with Crippen molar-refractivity contribution in [3.8, 4) is 11.5 Å². The lowest BCUT2D eigenvalue weighted by Crippen LogP contribution is -2.43. The first-order chi connectivity index (χ1) is 11.9. The minimum atomic E-state index is -0.275. The molecular weight excluding hydrogens is 320 g/mol. The van der Waals surface area contributed by atoms with Crippen LogP contribution in [-0.2, 0) is 16.1 Å². The van der Waals surface area contributed by atoms with Gasteiger partial charge in [0.05, 0.1) is 13.2 Å². The summed E-state index contributed by atoms with van der Waals surface area (Å²) in [6.45, 7) is 8.23. The van der Waals surface area contributed by atoms with E-state index in [0.29, 0.717) is 17.6 Å². The molecule has 1 fully saturated rings. The molecule has 1 heterocycles. The summed E-state index contributed by atoms with van der Waals surface area (Å²) in [5.41, 5.74) is 0.824. The van der Waals surface area contributed by atoms with E-state index < -0.39 is 0 Å². The van der Waals surface area contributed by atoms with E-state index in [1.807, 2.05) is 39.0 Å². The molecule has 0 aliphatic carbocycles. The monoisotopic (exact) mass is 350 g/mol. The van der Waals surface area contributed by atoms with Gasteiger partial charge in [-0.3, -0.25) is 4.79 Å². The van der Waals surface area contributed by atoms with E-state index in [2.05, 4.69) is 10.6 Å². The summed E-state index contributed by atoms with van der Waals surface area (Å²) >= 11 is 0. The molecule has 25 heavy (non-hydrogen) atoms. The molecule has 6 heteroatoms. The van der Waals surface area contributed by atoms with Gasteiger partial charge in [0.2, 0.25) is 0 Å². The van der Waals surface area contributed by atoms with Gasteiger partial charge in [0, 0.05) is 25.2 Å². The van der Waals surface area contributed by atoms with Crippen LogP contribution >= 0.6 is 0 Å². The zero-order valence-electron chi connectivity index (χ0n) is 15.7. The first-order valence-electron chi connectivity index (χ1n) is 8.80. The summed E-state index contributed by atoms with van der Waals surface area (Å²) < 4.78 is 16.6. The van der Waals surface area contributed by atoms with Crippen molar-refractivity contribution in [2.45, 2.75) is 51.8 Å². The van der Waals surface area contributed by atoms with Gasteiger partial charge in [-0.15, -0.1) is 0 Å². The number of ether oxygens (including phenoxy) is 3. The first-order valence-corrected chi connectivity index (χ1v) is 8.80. The molecule has 0 spiro atoms. The molecule has 1 saturated heterocycles. The molecule has 0 radical (unpaired) electrons. The minimum Gasteiger partial charge on any atom is -0.493 e. The highest BCUT2D eigenvalue weighted by Gasteiger charge is 2.16. The van der Waals surface area contributed by atoms with Crippen LogP contribution in [0.4, 0.5) is 0 Å². The number of amides is 1. The van der Waals surface area contributed by atoms with Crippen molar-refractivity contribution in [1.82, 2.24) is 10.6 Å². The Morgan fingerprint density at radius 3 is 2.76 bits per heavy atom. The van der Waals surface area contributed by atoms with Crippen LogP contribution in [0.25, 0.3) is 0 Å². The Labute approximate surface area is 150 Å². The largest absolute Gasteiger partial charge is 0.493 e. The quantitative estimate of drug-likeness (QED) is 0.753. The standard InChI is InChI=1S/C19H30N2O4/c1-19(2,3)21-18(22)13-25-16-8-7-14(10-17(16)23-4)11-20-12-15-6-5-9-24-15/h7-8,10,15,20H,5-6,9,11-13H2,1-4H3,(H,21,22)/t15-/m0/s1. The van der Waals surface area contributed by atoms with Crippen LogP contribution < -0.4 is 20.1 Å². The fraction of sp³-hybridized carbons (Fsp3) is 0.632. The Balaban J connectivity index is 1.84. The minimum absolute atomic E-state index is 0.0375. The maximum atomic E-state index is 11.9. The van der Waals surface area contributed by atoms with E-state index in [9.17, 15) is 4.79 Å². The highest BCUT2D eigenvalue weighted by atomic mass is 16.5. The Morgan fingerprint density at radius 1 is 1.32 bits per heavy atom. The fourth-order valence-corrected chi connectivity index (χ4v) is 2.72. The molecule has 1 aromatic rings. The lowest BCUT2D eigenvalue weighted by molar-refractivity contribution is -0.124. The third-order valence-corrected chi connectivity index (χ3v) is 3.83. The number of nitrogens with one attached hydrogen (secondary N) is 2. The number of methoxy groups -OCH3 is 1. The zero-order valence-corrected chi connectivity index (χ0v) is 15.7. The Hall–Kier alpha value is -1.79. The van der Waals surface area contributed by atoms with Crippen molar-refractivity contribution in [2.75, 3.05) is 26.9 Å². The number of hydrogen-bond acceptors (Lipinski definition) is 5. The van der Waals surface area contributed by atoms with E-state index in [0.717, 1.165) is 38.1 Å². The van der Waals surface area contributed by atoms with Crippen LogP contribution in [0.1, 0.15) is 39.2 Å². The molecule has 1 amide bonds. The van der Waals surface area contributed by atoms with Crippen molar-refractivity contribution in [3.63, 3.8) is 0 Å². The van der Waals surface area contributed by atoms with Crippen LogP contribution in [0.5, 0.6) is 11.5 Å². The molecule has 140 valence electrons. The molecule has 2 N–H and O–H groups in total.